The zero-order valence-corrected chi connectivity index (χ0v) is 31.0. The fourth-order valence-corrected chi connectivity index (χ4v) is 7.85. The van der Waals surface area contributed by atoms with E-state index in [4.69, 9.17) is 88.6 Å². The Bertz CT molecular complexity index is 1430. The molecule has 2 aliphatic carbocycles. The number of hydrogen-bond acceptors (Lipinski definition) is 8. The van der Waals surface area contributed by atoms with Crippen LogP contribution in [0, 0.1) is 23.7 Å². The second-order valence-corrected chi connectivity index (χ2v) is 15.0. The number of carbonyl (C=O) groups excluding carboxylic acids is 4. The number of esters is 4. The molecule has 0 N–H and O–H groups in total. The first-order valence-electron chi connectivity index (χ1n) is 15.9. The second-order valence-electron chi connectivity index (χ2n) is 12.6. The number of halogens is 6. The van der Waals surface area contributed by atoms with Crippen molar-refractivity contribution < 1.29 is 38.1 Å². The van der Waals surface area contributed by atoms with Crippen LogP contribution in [0.3, 0.4) is 0 Å². The second kappa shape index (κ2) is 17.8. The highest BCUT2D eigenvalue weighted by molar-refractivity contribution is 6.47. The quantitative estimate of drug-likeness (QED) is 0.101. The number of rotatable bonds is 10. The lowest BCUT2D eigenvalue weighted by Crippen LogP contribution is -2.27. The molecule has 8 nitrogen and oxygen atoms in total. The molecule has 2 aromatic rings. The van der Waals surface area contributed by atoms with Crippen LogP contribution in [0.1, 0.15) is 98.8 Å². The van der Waals surface area contributed by atoms with E-state index >= 15 is 0 Å². The van der Waals surface area contributed by atoms with Crippen molar-refractivity contribution in [3.63, 3.8) is 0 Å². The van der Waals surface area contributed by atoms with Crippen LogP contribution in [-0.4, -0.2) is 37.1 Å². The van der Waals surface area contributed by atoms with Crippen molar-refractivity contribution in [2.45, 2.75) is 78.1 Å². The van der Waals surface area contributed by atoms with Crippen LogP contribution in [0.15, 0.2) is 12.1 Å². The van der Waals surface area contributed by atoms with Crippen LogP contribution in [-0.2, 0) is 19.1 Å². The monoisotopic (exact) mass is 782 g/mol. The largest absolute Gasteiger partial charge is 0.462 e. The third kappa shape index (κ3) is 10.1. The maximum absolute atomic E-state index is 13.1. The first-order valence-corrected chi connectivity index (χ1v) is 18.2. The minimum absolute atomic E-state index is 0.0839. The predicted octanol–water partition coefficient (Wildman–Crippen LogP) is 10.9. The summed E-state index contributed by atoms with van der Waals surface area (Å²) in [7, 11) is 0. The molecule has 0 radical (unpaired) electrons. The van der Waals surface area contributed by atoms with E-state index in [-0.39, 0.29) is 43.3 Å². The fourth-order valence-electron chi connectivity index (χ4n) is 6.41. The van der Waals surface area contributed by atoms with Crippen molar-refractivity contribution in [1.82, 2.24) is 0 Å². The van der Waals surface area contributed by atoms with E-state index < -0.39 is 46.5 Å². The molecule has 2 saturated carbocycles. The van der Waals surface area contributed by atoms with Gasteiger partial charge in [-0.2, -0.15) is 0 Å². The van der Waals surface area contributed by atoms with Crippen molar-refractivity contribution >= 4 is 93.5 Å². The summed E-state index contributed by atoms with van der Waals surface area (Å²) in [5.41, 5.74) is -0.895. The summed E-state index contributed by atoms with van der Waals surface area (Å²) in [6.07, 6.45) is 10.00. The van der Waals surface area contributed by atoms with E-state index in [2.05, 4.69) is 13.8 Å². The maximum Gasteiger partial charge on any atom is 0.423 e. The molecule has 0 saturated heterocycles. The van der Waals surface area contributed by atoms with Gasteiger partial charge in [0.1, 0.15) is 11.1 Å². The number of hydrogen-bond donors (Lipinski definition) is 0. The van der Waals surface area contributed by atoms with Crippen molar-refractivity contribution in [3.8, 4) is 11.5 Å². The van der Waals surface area contributed by atoms with Gasteiger partial charge in [-0.15, -0.1) is 0 Å². The van der Waals surface area contributed by atoms with E-state index in [1.54, 1.807) is 0 Å². The molecule has 0 spiro atoms. The van der Waals surface area contributed by atoms with Gasteiger partial charge < -0.3 is 18.9 Å². The molecule has 4 unspecified atom stereocenters. The smallest absolute Gasteiger partial charge is 0.423 e. The first-order chi connectivity index (χ1) is 22.8. The topological polar surface area (TPSA) is 105 Å². The Morgan fingerprint density at radius 1 is 0.604 bits per heavy atom. The summed E-state index contributed by atoms with van der Waals surface area (Å²) in [5.74, 6) is -4.30. The molecule has 0 aliphatic heterocycles. The Morgan fingerprint density at radius 3 is 1.33 bits per heavy atom. The molecule has 0 aromatic heterocycles. The number of benzene rings is 2. The van der Waals surface area contributed by atoms with Crippen LogP contribution in [0.4, 0.5) is 0 Å². The van der Waals surface area contributed by atoms with Gasteiger partial charge in [0.15, 0.2) is 11.5 Å². The van der Waals surface area contributed by atoms with Crippen LogP contribution in [0.5, 0.6) is 11.5 Å². The molecule has 48 heavy (non-hydrogen) atoms. The molecule has 2 fully saturated rings. The highest BCUT2D eigenvalue weighted by atomic mass is 35.5. The SMILES string of the molecule is CC1CCCC(CCOC(=O)c2c(Cl)c(Cl)cc(Cl)c2OC(=O)C(=O)Oc2c(Cl)cc(Cl)c(Cl)c2C(=O)OCCC2CCCC(C)C2)C1. The van der Waals surface area contributed by atoms with E-state index in [0.717, 1.165) is 50.7 Å². The zero-order valence-electron chi connectivity index (χ0n) is 26.5. The summed E-state index contributed by atoms with van der Waals surface area (Å²) >= 11 is 37.5. The lowest BCUT2D eigenvalue weighted by atomic mass is 9.81. The zero-order chi connectivity index (χ0) is 35.1. The Hall–Kier alpha value is -1.94. The lowest BCUT2D eigenvalue weighted by Gasteiger charge is -2.26. The van der Waals surface area contributed by atoms with Gasteiger partial charge in [-0.25, -0.2) is 19.2 Å². The molecule has 2 aliphatic rings. The van der Waals surface area contributed by atoms with Crippen molar-refractivity contribution in [2.24, 2.45) is 23.7 Å². The summed E-state index contributed by atoms with van der Waals surface area (Å²) in [6.45, 7) is 4.55. The molecule has 0 amide bonds. The van der Waals surface area contributed by atoms with Crippen LogP contribution >= 0.6 is 69.6 Å². The Morgan fingerprint density at radius 2 is 0.979 bits per heavy atom. The standard InChI is InChI=1S/C34H36Cl6O8/c1-17-5-3-7-19(13-17)9-11-45-31(41)25-27(39)21(35)15-23(37)29(25)47-33(43)34(44)48-30-24(38)16-22(36)28(40)26(30)32(42)46-12-10-20-8-4-6-18(2)14-20/h15-20H,3-14H2,1-2H3. The van der Waals surface area contributed by atoms with Gasteiger partial charge >= 0.3 is 23.9 Å². The van der Waals surface area contributed by atoms with Gasteiger partial charge in [-0.05, 0) is 61.5 Å². The highest BCUT2D eigenvalue weighted by Gasteiger charge is 2.32. The summed E-state index contributed by atoms with van der Waals surface area (Å²) in [5, 5.41) is -1.42. The molecular formula is C34H36Cl6O8. The van der Waals surface area contributed by atoms with E-state index in [0.29, 0.717) is 36.5 Å². The summed E-state index contributed by atoms with van der Waals surface area (Å²) in [6, 6.07) is 2.27. The molecule has 0 bridgehead atoms. The van der Waals surface area contributed by atoms with Crippen molar-refractivity contribution in [2.75, 3.05) is 13.2 Å². The van der Waals surface area contributed by atoms with Gasteiger partial charge in [0, 0.05) is 0 Å². The maximum atomic E-state index is 13.1. The average molecular weight is 785 g/mol. The lowest BCUT2D eigenvalue weighted by molar-refractivity contribution is -0.156. The fraction of sp³-hybridized carbons (Fsp3) is 0.529. The molecule has 4 rings (SSSR count). The van der Waals surface area contributed by atoms with Gasteiger partial charge in [-0.1, -0.05) is 122 Å². The number of carbonyl (C=O) groups is 4. The van der Waals surface area contributed by atoms with E-state index in [9.17, 15) is 19.2 Å². The van der Waals surface area contributed by atoms with Gasteiger partial charge in [0.05, 0.1) is 43.3 Å². The normalized spacial score (nSPS) is 20.9. The Kier molecular flexibility index (Phi) is 14.4. The van der Waals surface area contributed by atoms with Crippen molar-refractivity contribution in [1.29, 1.82) is 0 Å². The highest BCUT2D eigenvalue weighted by Crippen LogP contribution is 2.42. The van der Waals surface area contributed by atoms with Crippen LogP contribution in [0.25, 0.3) is 0 Å². The minimum Gasteiger partial charge on any atom is -0.462 e. The summed E-state index contributed by atoms with van der Waals surface area (Å²) in [4.78, 5) is 52.3. The van der Waals surface area contributed by atoms with E-state index in [1.807, 2.05) is 0 Å². The first kappa shape index (κ1) is 38.9. The summed E-state index contributed by atoms with van der Waals surface area (Å²) < 4.78 is 21.3. The molecular weight excluding hydrogens is 749 g/mol. The van der Waals surface area contributed by atoms with Gasteiger partial charge in [0.2, 0.25) is 0 Å². The molecule has 14 heteroatoms. The third-order valence-corrected chi connectivity index (χ3v) is 11.0. The van der Waals surface area contributed by atoms with Crippen LogP contribution < -0.4 is 9.47 Å². The minimum atomic E-state index is -1.63. The van der Waals surface area contributed by atoms with Crippen molar-refractivity contribution in [3.05, 3.63) is 53.4 Å². The Labute approximate surface area is 309 Å². The number of ether oxygens (including phenoxy) is 4. The molecule has 0 heterocycles. The predicted molar refractivity (Wildman–Crippen MR) is 186 cm³/mol. The van der Waals surface area contributed by atoms with Gasteiger partial charge in [-0.3, -0.25) is 0 Å². The average Bonchev–Trinajstić information content (AvgIpc) is 3.02. The van der Waals surface area contributed by atoms with Crippen LogP contribution in [0.2, 0.25) is 30.1 Å². The third-order valence-electron chi connectivity index (χ3n) is 8.83. The Balaban J connectivity index is 1.47. The van der Waals surface area contributed by atoms with E-state index in [1.165, 1.54) is 12.8 Å². The molecule has 4 atom stereocenters. The molecule has 2 aromatic carbocycles. The molecule has 262 valence electrons. The van der Waals surface area contributed by atoms with Gasteiger partial charge in [0.25, 0.3) is 0 Å².